The minimum absolute atomic E-state index is 0.0366. The van der Waals surface area contributed by atoms with Crippen LogP contribution in [0.25, 0.3) is 0 Å². The Morgan fingerprint density at radius 1 is 1.12 bits per heavy atom. The molecule has 2 aliphatic rings. The van der Waals surface area contributed by atoms with Gasteiger partial charge in [0.15, 0.2) is 0 Å². The van der Waals surface area contributed by atoms with Crippen LogP contribution >= 0.6 is 0 Å². The van der Waals surface area contributed by atoms with Gasteiger partial charge in [-0.25, -0.2) is 0 Å². The Morgan fingerprint density at radius 2 is 1.69 bits per heavy atom. The van der Waals surface area contributed by atoms with Crippen LogP contribution in [0.1, 0.15) is 32.3 Å². The number of rotatable bonds is 1. The molecule has 16 heavy (non-hydrogen) atoms. The molecule has 2 aliphatic heterocycles. The summed E-state index contributed by atoms with van der Waals surface area (Å²) in [5, 5.41) is 12.7. The molecule has 0 saturated carbocycles. The van der Waals surface area contributed by atoms with Gasteiger partial charge in [0.1, 0.15) is 0 Å². The van der Waals surface area contributed by atoms with Crippen LogP contribution in [0, 0.1) is 5.21 Å². The molecule has 1 aromatic carbocycles. The monoisotopic (exact) mass is 217 g/mol. The second-order valence-corrected chi connectivity index (χ2v) is 5.76. The van der Waals surface area contributed by atoms with Gasteiger partial charge in [-0.2, -0.15) is 0 Å². The van der Waals surface area contributed by atoms with Crippen molar-refractivity contribution in [2.45, 2.75) is 44.2 Å². The summed E-state index contributed by atoms with van der Waals surface area (Å²) in [5.74, 6) is 0. The molecule has 2 heterocycles. The van der Waals surface area contributed by atoms with Gasteiger partial charge in [0.05, 0.1) is 24.0 Å². The number of piperidine rings is 1. The lowest BCUT2D eigenvalue weighted by Crippen LogP contribution is -2.49. The average molecular weight is 217 g/mol. The van der Waals surface area contributed by atoms with Crippen molar-refractivity contribution in [2.75, 3.05) is 6.54 Å². The van der Waals surface area contributed by atoms with Gasteiger partial charge in [-0.05, 0) is 19.4 Å². The normalized spacial score (nSPS) is 46.2. The van der Waals surface area contributed by atoms with Crippen molar-refractivity contribution in [3.63, 3.8) is 0 Å². The number of hydrogen-bond donors (Lipinski definition) is 0. The Hall–Kier alpha value is -0.860. The second-order valence-electron chi connectivity index (χ2n) is 5.76. The van der Waals surface area contributed by atoms with Crippen LogP contribution in [0.2, 0.25) is 0 Å². The second kappa shape index (κ2) is 3.08. The van der Waals surface area contributed by atoms with Crippen molar-refractivity contribution in [2.24, 2.45) is 0 Å². The van der Waals surface area contributed by atoms with Gasteiger partial charge in [-0.3, -0.25) is 0 Å². The zero-order valence-corrected chi connectivity index (χ0v) is 10.0. The highest BCUT2D eigenvalue weighted by molar-refractivity contribution is 5.29. The van der Waals surface area contributed by atoms with Gasteiger partial charge >= 0.3 is 0 Å². The van der Waals surface area contributed by atoms with E-state index in [0.29, 0.717) is 0 Å². The van der Waals surface area contributed by atoms with E-state index in [1.54, 1.807) is 0 Å². The van der Waals surface area contributed by atoms with Crippen molar-refractivity contribution in [1.82, 2.24) is 0 Å². The van der Waals surface area contributed by atoms with Gasteiger partial charge in [0.2, 0.25) is 0 Å². The highest BCUT2D eigenvalue weighted by Gasteiger charge is 2.59. The fraction of sp³-hybridized carbons (Fsp3) is 0.571. The molecule has 0 aromatic heterocycles. The molecule has 0 radical (unpaired) electrons. The van der Waals surface area contributed by atoms with Crippen LogP contribution in [0.5, 0.6) is 0 Å². The summed E-state index contributed by atoms with van der Waals surface area (Å²) in [4.78, 5) is 0. The third-order valence-corrected chi connectivity index (χ3v) is 4.80. The number of benzene rings is 1. The first-order valence-electron chi connectivity index (χ1n) is 6.21. The maximum absolute atomic E-state index is 12.7. The zero-order valence-electron chi connectivity index (χ0n) is 10.0. The molecule has 0 amide bonds. The van der Waals surface area contributed by atoms with E-state index in [1.165, 1.54) is 5.56 Å². The summed E-state index contributed by atoms with van der Waals surface area (Å²) < 4.78 is 0.0366. The van der Waals surface area contributed by atoms with Crippen LogP contribution in [0.3, 0.4) is 0 Å². The van der Waals surface area contributed by atoms with Crippen LogP contribution in [0.15, 0.2) is 30.3 Å². The number of nitrogens with zero attached hydrogens (tertiary/aromatic N) is 1. The number of fused-ring (bicyclic) bond motifs is 2. The predicted molar refractivity (Wildman–Crippen MR) is 64.8 cm³/mol. The van der Waals surface area contributed by atoms with E-state index in [9.17, 15) is 5.21 Å². The lowest BCUT2D eigenvalue weighted by Gasteiger charge is -2.46. The van der Waals surface area contributed by atoms with Gasteiger partial charge in [-0.15, -0.1) is 0 Å². The fourth-order valence-corrected chi connectivity index (χ4v) is 3.99. The third kappa shape index (κ3) is 1.14. The summed E-state index contributed by atoms with van der Waals surface area (Å²) in [6.45, 7) is 5.03. The molecule has 0 aliphatic carbocycles. The molecule has 2 heteroatoms. The van der Waals surface area contributed by atoms with Crippen molar-refractivity contribution in [1.29, 1.82) is 0 Å². The Kier molecular flexibility index (Phi) is 1.99. The van der Waals surface area contributed by atoms with Gasteiger partial charge in [0, 0.05) is 12.8 Å². The predicted octanol–water partition coefficient (Wildman–Crippen LogP) is 2.82. The molecule has 2 unspecified atom stereocenters. The molecular formula is C14H19NO. The van der Waals surface area contributed by atoms with Gasteiger partial charge in [0.25, 0.3) is 0 Å². The van der Waals surface area contributed by atoms with Crippen LogP contribution in [-0.4, -0.2) is 23.3 Å². The third-order valence-electron chi connectivity index (χ3n) is 4.80. The molecule has 2 saturated heterocycles. The minimum atomic E-state index is 0.0366. The largest absolute Gasteiger partial charge is 0.632 e. The molecule has 1 aromatic rings. The Labute approximate surface area is 97.1 Å². The average Bonchev–Trinajstić information content (AvgIpc) is 2.68. The van der Waals surface area contributed by atoms with E-state index in [4.69, 9.17) is 0 Å². The maximum Gasteiger partial charge on any atom is 0.0890 e. The van der Waals surface area contributed by atoms with Gasteiger partial charge in [-0.1, -0.05) is 30.3 Å². The summed E-state index contributed by atoms with van der Waals surface area (Å²) in [5.41, 5.74) is 1.55. The van der Waals surface area contributed by atoms with Crippen molar-refractivity contribution in [3.05, 3.63) is 41.1 Å². The van der Waals surface area contributed by atoms with Crippen LogP contribution < -0.4 is 0 Å². The topological polar surface area (TPSA) is 23.1 Å². The molecule has 0 spiro atoms. The van der Waals surface area contributed by atoms with E-state index >= 15 is 0 Å². The first-order valence-corrected chi connectivity index (χ1v) is 6.21. The lowest BCUT2D eigenvalue weighted by molar-refractivity contribution is -0.905. The van der Waals surface area contributed by atoms with E-state index in [2.05, 4.69) is 44.2 Å². The summed E-state index contributed by atoms with van der Waals surface area (Å²) in [7, 11) is 0. The maximum atomic E-state index is 12.7. The van der Waals surface area contributed by atoms with Crippen molar-refractivity contribution >= 4 is 0 Å². The Balaban J connectivity index is 2.04. The summed E-state index contributed by atoms with van der Waals surface area (Å²) >= 11 is 0. The standard InChI is InChI=1S/C14H19NO/c1-11-8-14(13-6-4-3-5-7-13)9-12(2)15(11,16)10-14/h3-7,11-12H,8-10H2,1-2H3/t11-,12+,14?,15?. The Bertz CT molecular complexity index is 388. The smallest absolute Gasteiger partial charge is 0.0890 e. The highest BCUT2D eigenvalue weighted by Crippen LogP contribution is 2.53. The minimum Gasteiger partial charge on any atom is -0.632 e. The van der Waals surface area contributed by atoms with Gasteiger partial charge < -0.3 is 9.85 Å². The first kappa shape index (κ1) is 10.3. The summed E-state index contributed by atoms with van der Waals surface area (Å²) in [6, 6.07) is 11.2. The van der Waals surface area contributed by atoms with Crippen LogP contribution in [-0.2, 0) is 5.41 Å². The lowest BCUT2D eigenvalue weighted by atomic mass is 9.75. The molecule has 3 rings (SSSR count). The molecule has 2 nitrogen and oxygen atoms in total. The van der Waals surface area contributed by atoms with Crippen LogP contribution in [0.4, 0.5) is 0 Å². The van der Waals surface area contributed by atoms with E-state index in [-0.39, 0.29) is 22.1 Å². The fourth-order valence-electron chi connectivity index (χ4n) is 3.99. The van der Waals surface area contributed by atoms with E-state index in [0.717, 1.165) is 19.4 Å². The first-order chi connectivity index (χ1) is 7.57. The zero-order chi connectivity index (χ0) is 11.4. The molecule has 2 fully saturated rings. The quantitative estimate of drug-likeness (QED) is 0.524. The number of hydroxylamine groups is 3. The highest BCUT2D eigenvalue weighted by atomic mass is 16.6. The van der Waals surface area contributed by atoms with Crippen molar-refractivity contribution < 1.29 is 4.65 Å². The molecular weight excluding hydrogens is 198 g/mol. The Morgan fingerprint density at radius 3 is 2.19 bits per heavy atom. The van der Waals surface area contributed by atoms with Crippen molar-refractivity contribution in [3.8, 4) is 0 Å². The van der Waals surface area contributed by atoms with E-state index in [1.807, 2.05) is 0 Å². The molecule has 4 atom stereocenters. The molecule has 2 bridgehead atoms. The van der Waals surface area contributed by atoms with E-state index < -0.39 is 0 Å². The number of hydrogen-bond acceptors (Lipinski definition) is 1. The summed E-state index contributed by atoms with van der Waals surface area (Å²) in [6.07, 6.45) is 2.12. The molecule has 86 valence electrons. The number of quaternary nitrogens is 1. The molecule has 0 N–H and O–H groups in total. The SMILES string of the molecule is C[C@@H]1CC2(c3ccccc3)C[C@H](C)[N+]1([O-])C2.